The van der Waals surface area contributed by atoms with Gasteiger partial charge in [0.2, 0.25) is 0 Å². The third-order valence-electron chi connectivity index (χ3n) is 1.31. The average molecular weight is 155 g/mol. The molecule has 0 amide bonds. The van der Waals surface area contributed by atoms with Crippen LogP contribution in [0.25, 0.3) is 0 Å². The molecule has 1 heterocycles. The third-order valence-corrected chi connectivity index (χ3v) is 2.38. The van der Waals surface area contributed by atoms with Gasteiger partial charge in [-0.25, -0.2) is 0 Å². The quantitative estimate of drug-likeness (QED) is 0.694. The van der Waals surface area contributed by atoms with Crippen molar-refractivity contribution >= 4 is 11.3 Å². The van der Waals surface area contributed by atoms with Gasteiger partial charge < -0.3 is 5.73 Å². The Hall–Kier alpha value is -0.340. The van der Waals surface area contributed by atoms with Crippen LogP contribution in [0.3, 0.4) is 0 Å². The van der Waals surface area contributed by atoms with E-state index in [1.807, 2.05) is 6.92 Å². The second-order valence-corrected chi connectivity index (χ2v) is 3.77. The van der Waals surface area contributed by atoms with Crippen LogP contribution in [0.4, 0.5) is 0 Å². The summed E-state index contributed by atoms with van der Waals surface area (Å²) in [5.74, 6) is 0. The summed E-state index contributed by atoms with van der Waals surface area (Å²) in [6.07, 6.45) is 1.01. The van der Waals surface area contributed by atoms with Gasteiger partial charge in [0, 0.05) is 10.9 Å². The highest BCUT2D eigenvalue weighted by atomic mass is 32.1. The largest absolute Gasteiger partial charge is 0.328 e. The van der Waals surface area contributed by atoms with Gasteiger partial charge in [0.1, 0.15) is 0 Å². The Labute approximate surface area is 65.9 Å². The normalized spacial score (nSPS) is 13.5. The molecule has 1 rings (SSSR count). The Kier molecular flexibility index (Phi) is 2.46. The van der Waals surface area contributed by atoms with E-state index in [-0.39, 0.29) is 6.04 Å². The van der Waals surface area contributed by atoms with Crippen LogP contribution in [0, 0.1) is 6.92 Å². The van der Waals surface area contributed by atoms with Crippen molar-refractivity contribution in [3.05, 3.63) is 21.9 Å². The second kappa shape index (κ2) is 3.17. The first-order valence-corrected chi connectivity index (χ1v) is 4.36. The molecule has 2 N–H and O–H groups in total. The van der Waals surface area contributed by atoms with E-state index in [1.165, 1.54) is 10.4 Å². The first-order valence-electron chi connectivity index (χ1n) is 3.48. The van der Waals surface area contributed by atoms with Gasteiger partial charge in [-0.1, -0.05) is 0 Å². The lowest BCUT2D eigenvalue weighted by Crippen LogP contribution is -2.16. The Balaban J connectivity index is 2.58. The summed E-state index contributed by atoms with van der Waals surface area (Å²) in [4.78, 5) is 1.40. The van der Waals surface area contributed by atoms with Gasteiger partial charge in [0.05, 0.1) is 0 Å². The van der Waals surface area contributed by atoms with E-state index in [0.717, 1.165) is 6.42 Å². The smallest absolute Gasteiger partial charge is 0.00632 e. The summed E-state index contributed by atoms with van der Waals surface area (Å²) < 4.78 is 0. The maximum atomic E-state index is 5.64. The van der Waals surface area contributed by atoms with Crippen molar-refractivity contribution in [3.8, 4) is 0 Å². The maximum Gasteiger partial charge on any atom is 0.00632 e. The van der Waals surface area contributed by atoms with Crippen LogP contribution in [0.2, 0.25) is 0 Å². The van der Waals surface area contributed by atoms with E-state index in [1.54, 1.807) is 11.3 Å². The Bertz CT molecular complexity index is 203. The molecular weight excluding hydrogens is 142 g/mol. The van der Waals surface area contributed by atoms with Crippen LogP contribution in [0.1, 0.15) is 17.4 Å². The predicted molar refractivity (Wildman–Crippen MR) is 46.4 cm³/mol. The van der Waals surface area contributed by atoms with Gasteiger partial charge in [-0.3, -0.25) is 0 Å². The zero-order valence-electron chi connectivity index (χ0n) is 6.42. The SMILES string of the molecule is Cc1csc(C[C@H](C)N)c1. The molecule has 0 fully saturated rings. The minimum atomic E-state index is 0.290. The fraction of sp³-hybridized carbons (Fsp3) is 0.500. The molecule has 0 aliphatic rings. The fourth-order valence-corrected chi connectivity index (χ4v) is 1.93. The molecule has 10 heavy (non-hydrogen) atoms. The topological polar surface area (TPSA) is 26.0 Å². The molecule has 0 unspecified atom stereocenters. The number of thiophene rings is 1. The molecule has 0 aliphatic carbocycles. The Morgan fingerprint density at radius 3 is 2.80 bits per heavy atom. The van der Waals surface area contributed by atoms with Crippen molar-refractivity contribution < 1.29 is 0 Å². The summed E-state index contributed by atoms with van der Waals surface area (Å²) >= 11 is 1.80. The highest BCUT2D eigenvalue weighted by molar-refractivity contribution is 7.10. The molecule has 2 heteroatoms. The van der Waals surface area contributed by atoms with Crippen molar-refractivity contribution in [2.75, 3.05) is 0 Å². The van der Waals surface area contributed by atoms with Crippen molar-refractivity contribution in [1.82, 2.24) is 0 Å². The highest BCUT2D eigenvalue weighted by Crippen LogP contribution is 2.14. The van der Waals surface area contributed by atoms with Crippen LogP contribution in [0.5, 0.6) is 0 Å². The van der Waals surface area contributed by atoms with Crippen molar-refractivity contribution in [2.45, 2.75) is 26.3 Å². The van der Waals surface area contributed by atoms with Crippen molar-refractivity contribution in [2.24, 2.45) is 5.73 Å². The summed E-state index contributed by atoms with van der Waals surface area (Å²) in [6, 6.07) is 2.49. The number of aryl methyl sites for hydroxylation is 1. The molecule has 1 aromatic heterocycles. The summed E-state index contributed by atoms with van der Waals surface area (Å²) in [7, 11) is 0. The first kappa shape index (κ1) is 7.76. The Morgan fingerprint density at radius 2 is 2.40 bits per heavy atom. The monoisotopic (exact) mass is 155 g/mol. The minimum Gasteiger partial charge on any atom is -0.328 e. The van der Waals surface area contributed by atoms with Gasteiger partial charge in [-0.15, -0.1) is 11.3 Å². The average Bonchev–Trinajstić information content (AvgIpc) is 2.13. The molecule has 0 radical (unpaired) electrons. The van der Waals surface area contributed by atoms with E-state index in [9.17, 15) is 0 Å². The van der Waals surface area contributed by atoms with Crippen molar-refractivity contribution in [1.29, 1.82) is 0 Å². The summed E-state index contributed by atoms with van der Waals surface area (Å²) in [5, 5.41) is 2.16. The van der Waals surface area contributed by atoms with E-state index < -0.39 is 0 Å². The van der Waals surface area contributed by atoms with Crippen LogP contribution in [-0.2, 0) is 6.42 Å². The predicted octanol–water partition coefficient (Wildman–Crippen LogP) is 1.95. The first-order chi connectivity index (χ1) is 4.68. The minimum absolute atomic E-state index is 0.290. The molecule has 0 spiro atoms. The number of hydrogen-bond acceptors (Lipinski definition) is 2. The van der Waals surface area contributed by atoms with Gasteiger partial charge in [-0.2, -0.15) is 0 Å². The molecular formula is C8H13NS. The molecule has 1 atom stereocenters. The van der Waals surface area contributed by atoms with Crippen LogP contribution in [-0.4, -0.2) is 6.04 Å². The summed E-state index contributed by atoms with van der Waals surface area (Å²) in [6.45, 7) is 4.15. The zero-order chi connectivity index (χ0) is 7.56. The van der Waals surface area contributed by atoms with E-state index >= 15 is 0 Å². The molecule has 0 aromatic carbocycles. The molecule has 0 saturated heterocycles. The molecule has 1 nitrogen and oxygen atoms in total. The van der Waals surface area contributed by atoms with E-state index in [0.29, 0.717) is 0 Å². The molecule has 1 aromatic rings. The van der Waals surface area contributed by atoms with Crippen molar-refractivity contribution in [3.63, 3.8) is 0 Å². The lowest BCUT2D eigenvalue weighted by molar-refractivity contribution is 0.746. The molecule has 0 aliphatic heterocycles. The van der Waals surface area contributed by atoms with Gasteiger partial charge in [0.25, 0.3) is 0 Å². The summed E-state index contributed by atoms with van der Waals surface area (Å²) in [5.41, 5.74) is 6.99. The van der Waals surface area contributed by atoms with Gasteiger partial charge in [-0.05, 0) is 37.3 Å². The van der Waals surface area contributed by atoms with E-state index in [4.69, 9.17) is 5.73 Å². The van der Waals surface area contributed by atoms with Crippen LogP contribution in [0.15, 0.2) is 11.4 Å². The number of rotatable bonds is 2. The number of nitrogens with two attached hydrogens (primary N) is 1. The second-order valence-electron chi connectivity index (χ2n) is 2.77. The molecule has 56 valence electrons. The van der Waals surface area contributed by atoms with Gasteiger partial charge in [0.15, 0.2) is 0 Å². The van der Waals surface area contributed by atoms with Crippen LogP contribution >= 0.6 is 11.3 Å². The van der Waals surface area contributed by atoms with Crippen LogP contribution < -0.4 is 5.73 Å². The standard InChI is InChI=1S/C8H13NS/c1-6-3-8(10-5-6)4-7(2)9/h3,5,7H,4,9H2,1-2H3/t7-/m0/s1. The Morgan fingerprint density at radius 1 is 1.70 bits per heavy atom. The zero-order valence-corrected chi connectivity index (χ0v) is 7.24. The maximum absolute atomic E-state index is 5.64. The number of hydrogen-bond donors (Lipinski definition) is 1. The third kappa shape index (κ3) is 2.12. The lowest BCUT2D eigenvalue weighted by Gasteiger charge is -1.99. The van der Waals surface area contributed by atoms with E-state index in [2.05, 4.69) is 18.4 Å². The lowest BCUT2D eigenvalue weighted by atomic mass is 10.2. The fourth-order valence-electron chi connectivity index (χ4n) is 0.915. The molecule has 0 bridgehead atoms. The molecule has 0 saturated carbocycles. The van der Waals surface area contributed by atoms with Gasteiger partial charge >= 0.3 is 0 Å². The highest BCUT2D eigenvalue weighted by Gasteiger charge is 1.98.